The second-order valence-corrected chi connectivity index (χ2v) is 20.2. The average Bonchev–Trinajstić information content (AvgIpc) is 3.96. The number of ether oxygens (including phenoxy) is 2. The zero-order chi connectivity index (χ0) is 47.4. The number of nitrogens with zero attached hydrogens (tertiary/aromatic N) is 8. The van der Waals surface area contributed by atoms with Gasteiger partial charge in [-0.15, -0.1) is 0 Å². The summed E-state index contributed by atoms with van der Waals surface area (Å²) >= 11 is 0. The summed E-state index contributed by atoms with van der Waals surface area (Å²) in [5.41, 5.74) is 8.21. The molecule has 0 spiro atoms. The maximum absolute atomic E-state index is 6.85. The van der Waals surface area contributed by atoms with Crippen molar-refractivity contribution in [2.45, 2.75) is 67.1 Å². The van der Waals surface area contributed by atoms with E-state index >= 15 is 0 Å². The molecule has 0 radical (unpaired) electrons. The first-order valence-electron chi connectivity index (χ1n) is 23.3. The summed E-state index contributed by atoms with van der Waals surface area (Å²) in [7, 11) is 3.34. The summed E-state index contributed by atoms with van der Waals surface area (Å²) in [5.74, 6) is -0.0777. The van der Waals surface area contributed by atoms with Gasteiger partial charge in [-0.2, -0.15) is 0 Å². The summed E-state index contributed by atoms with van der Waals surface area (Å²) in [4.78, 5) is 33.3. The van der Waals surface area contributed by atoms with E-state index in [1.807, 2.05) is 60.7 Å². The standard InChI is InChI=1S/C58H54N8O2.Ni/c1-53(2)50-61-49-45-41(37-27-19-13-20-28-37)33-34-42(38-29-21-14-22-30-38)46(45)57(64-49,67-9)63-48-44-40(36-25-17-12-18-26-36)32-31-39(35-23-15-11-16-24-35)43(44)47(59-48)60-52-55(5,6)56(7,8)58(66-52,68-10)65-51(62-50)54(53,3)4;/h11-34H,1-10H3;/q-2;+2/t57-,58-;/m1./s1. The van der Waals surface area contributed by atoms with E-state index in [9.17, 15) is 0 Å². The zero-order valence-electron chi connectivity index (χ0n) is 40.6. The van der Waals surface area contributed by atoms with E-state index in [2.05, 4.69) is 140 Å². The van der Waals surface area contributed by atoms with Crippen molar-refractivity contribution in [3.8, 4) is 44.5 Å². The maximum atomic E-state index is 6.85. The van der Waals surface area contributed by atoms with Crippen molar-refractivity contribution >= 4 is 35.0 Å². The van der Waals surface area contributed by atoms with Crippen molar-refractivity contribution in [1.82, 2.24) is 0 Å². The van der Waals surface area contributed by atoms with E-state index in [-0.39, 0.29) is 16.5 Å². The fourth-order valence-corrected chi connectivity index (χ4v) is 10.2. The Morgan fingerprint density at radius 2 is 0.855 bits per heavy atom. The molecule has 5 aliphatic heterocycles. The van der Waals surface area contributed by atoms with Crippen molar-refractivity contribution in [3.63, 3.8) is 0 Å². The summed E-state index contributed by atoms with van der Waals surface area (Å²) in [6.07, 6.45) is 0. The molecule has 8 bridgehead atoms. The number of methoxy groups -OCH3 is 2. The Hall–Kier alpha value is -6.65. The first-order valence-corrected chi connectivity index (χ1v) is 23.3. The second kappa shape index (κ2) is 16.2. The average molecular weight is 954 g/mol. The van der Waals surface area contributed by atoms with Gasteiger partial charge < -0.3 is 30.1 Å². The zero-order valence-corrected chi connectivity index (χ0v) is 41.6. The fourth-order valence-electron chi connectivity index (χ4n) is 10.2. The minimum atomic E-state index is -1.68. The SMILES string of the molecule is CO[C@]12/N=C3/N=C(N=C4[N-][C@](OC)(/N=C5\N=C(N=C([N-]1)c1c(-c6ccccc6)ccc(-c6ccccc6)c12)C(C)(C)C5(C)C)C(C)(C)C4(C)C)c1c(-c2ccccc2)ccc(-c2ccccc2)c13.[Ni+2]. The van der Waals surface area contributed by atoms with E-state index in [1.54, 1.807) is 14.2 Å². The molecule has 10 nitrogen and oxygen atoms in total. The van der Waals surface area contributed by atoms with Crippen LogP contribution in [0.3, 0.4) is 0 Å². The van der Waals surface area contributed by atoms with Crippen molar-refractivity contribution in [2.24, 2.45) is 51.6 Å². The molecule has 5 heterocycles. The van der Waals surface area contributed by atoms with Crippen LogP contribution in [0.5, 0.6) is 0 Å². The van der Waals surface area contributed by atoms with Crippen LogP contribution in [0.2, 0.25) is 0 Å². The maximum Gasteiger partial charge on any atom is 2.00 e. The molecule has 0 saturated carbocycles. The van der Waals surface area contributed by atoms with Gasteiger partial charge in [-0.3, -0.25) is 0 Å². The molecule has 0 aromatic heterocycles. The molecule has 11 heteroatoms. The number of benzene rings is 6. The topological polar surface area (TPSA) is 121 Å². The molecule has 69 heavy (non-hydrogen) atoms. The van der Waals surface area contributed by atoms with Crippen LogP contribution in [0, 0.1) is 21.7 Å². The summed E-state index contributed by atoms with van der Waals surface area (Å²) in [5, 5.41) is 11.0. The molecule has 11 rings (SSSR count). The van der Waals surface area contributed by atoms with Crippen LogP contribution in [0.15, 0.2) is 176 Å². The minimum absolute atomic E-state index is 0. The van der Waals surface area contributed by atoms with Gasteiger partial charge in [-0.25, -0.2) is 20.0 Å². The Morgan fingerprint density at radius 3 is 1.35 bits per heavy atom. The van der Waals surface area contributed by atoms with Gasteiger partial charge >= 0.3 is 16.5 Å². The molecule has 0 unspecified atom stereocenters. The molecule has 2 atom stereocenters. The van der Waals surface area contributed by atoms with Crippen LogP contribution < -0.4 is 0 Å². The molecule has 6 aromatic rings. The molecule has 1 saturated heterocycles. The van der Waals surface area contributed by atoms with Crippen molar-refractivity contribution in [2.75, 3.05) is 14.2 Å². The van der Waals surface area contributed by atoms with E-state index in [1.165, 1.54) is 0 Å². The fraction of sp³-hybridized carbons (Fsp3) is 0.276. The number of hydrogen-bond donors (Lipinski definition) is 0. The summed E-state index contributed by atoms with van der Waals surface area (Å²) in [6, 6.07) is 50.0. The molecule has 0 aliphatic carbocycles. The van der Waals surface area contributed by atoms with Crippen molar-refractivity contribution < 1.29 is 26.0 Å². The van der Waals surface area contributed by atoms with Crippen LogP contribution >= 0.6 is 0 Å². The third-order valence-electron chi connectivity index (χ3n) is 15.8. The summed E-state index contributed by atoms with van der Waals surface area (Å²) in [6.45, 7) is 17.3. The van der Waals surface area contributed by atoms with Gasteiger partial charge in [-0.1, -0.05) is 207 Å². The molecular formula is C58H54N8NiO2. The van der Waals surface area contributed by atoms with Crippen molar-refractivity contribution in [3.05, 3.63) is 178 Å². The van der Waals surface area contributed by atoms with Crippen molar-refractivity contribution in [1.29, 1.82) is 0 Å². The molecule has 6 aromatic carbocycles. The number of hydrogen-bond acceptors (Lipinski definition) is 8. The number of fused-ring (bicyclic) bond motifs is 12. The first kappa shape index (κ1) is 46.1. The van der Waals surface area contributed by atoms with Crippen LogP contribution in [-0.2, 0) is 31.8 Å². The quantitative estimate of drug-likeness (QED) is 0.154. The van der Waals surface area contributed by atoms with Crippen LogP contribution in [0.1, 0.15) is 77.6 Å². The summed E-state index contributed by atoms with van der Waals surface area (Å²) < 4.78 is 13.4. The minimum Gasteiger partial charge on any atom is -0.423 e. The van der Waals surface area contributed by atoms with Gasteiger partial charge in [0.15, 0.2) is 11.7 Å². The molecular weight excluding hydrogens is 899 g/mol. The molecule has 0 amide bonds. The number of aliphatic imine (C=N–C) groups is 6. The van der Waals surface area contributed by atoms with Gasteiger partial charge in [0.05, 0.1) is 5.84 Å². The number of rotatable bonds is 6. The third kappa shape index (κ3) is 6.64. The Labute approximate surface area is 414 Å². The largest absolute Gasteiger partial charge is 2.00 e. The molecule has 1 fully saturated rings. The van der Waals surface area contributed by atoms with Gasteiger partial charge in [0.25, 0.3) is 0 Å². The van der Waals surface area contributed by atoms with Crippen LogP contribution in [0.25, 0.3) is 55.1 Å². The van der Waals surface area contributed by atoms with Crippen LogP contribution in [-0.4, -0.2) is 55.1 Å². The van der Waals surface area contributed by atoms with Gasteiger partial charge in [0, 0.05) is 53.0 Å². The van der Waals surface area contributed by atoms with Gasteiger partial charge in [-0.05, 0) is 61.3 Å². The normalized spacial score (nSPS) is 24.3. The Kier molecular flexibility index (Phi) is 10.8. The number of amidine groups is 6. The molecule has 0 N–H and O–H groups in total. The van der Waals surface area contributed by atoms with Crippen LogP contribution in [0.4, 0.5) is 0 Å². The van der Waals surface area contributed by atoms with E-state index in [0.29, 0.717) is 35.0 Å². The third-order valence-corrected chi connectivity index (χ3v) is 15.8. The predicted molar refractivity (Wildman–Crippen MR) is 277 cm³/mol. The van der Waals surface area contributed by atoms with E-state index < -0.39 is 33.4 Å². The molecule has 5 aliphatic rings. The van der Waals surface area contributed by atoms with Gasteiger partial charge in [0.2, 0.25) is 5.85 Å². The Morgan fingerprint density at radius 1 is 0.406 bits per heavy atom. The Bertz CT molecular complexity index is 3250. The Balaban J connectivity index is 0.00000553. The monoisotopic (exact) mass is 952 g/mol. The smallest absolute Gasteiger partial charge is 0.423 e. The van der Waals surface area contributed by atoms with E-state index in [4.69, 9.17) is 50.1 Å². The van der Waals surface area contributed by atoms with Gasteiger partial charge in [0.1, 0.15) is 5.84 Å². The molecule has 348 valence electrons. The van der Waals surface area contributed by atoms with E-state index in [0.717, 1.165) is 66.8 Å². The first-order chi connectivity index (χ1) is 32.6. The predicted octanol–water partition coefficient (Wildman–Crippen LogP) is 13.5. The second-order valence-electron chi connectivity index (χ2n) is 20.2.